The molecule has 0 aliphatic heterocycles. The van der Waals surface area contributed by atoms with E-state index in [9.17, 15) is 0 Å². The van der Waals surface area contributed by atoms with Crippen LogP contribution in [-0.4, -0.2) is 64.4 Å². The molecule has 1 saturated carbocycles. The lowest BCUT2D eigenvalue weighted by molar-refractivity contribution is 0.123. The number of benzene rings is 1. The van der Waals surface area contributed by atoms with E-state index in [0.29, 0.717) is 13.2 Å². The molecule has 1 fully saturated rings. The normalized spacial score (nSPS) is 13.9. The van der Waals surface area contributed by atoms with Gasteiger partial charge >= 0.3 is 0 Å². The first kappa shape index (κ1) is 25.0. The molecule has 0 amide bonds. The summed E-state index contributed by atoms with van der Waals surface area (Å²) in [6.45, 7) is 7.67. The van der Waals surface area contributed by atoms with Crippen LogP contribution in [0.5, 0.6) is 5.75 Å². The topological polar surface area (TPSA) is 58.1 Å². The number of hydrogen-bond donors (Lipinski definition) is 2. The lowest BCUT2D eigenvalue weighted by atomic mass is 10.2. The number of hydrogen-bond acceptors (Lipinski definition) is 4. The number of likely N-dealkylation sites (N-methyl/N-ethyl adjacent to an activating group) is 1. The Balaban J connectivity index is 0.00000392. The summed E-state index contributed by atoms with van der Waals surface area (Å²) in [4.78, 5) is 6.82. The van der Waals surface area contributed by atoms with Gasteiger partial charge in [0.2, 0.25) is 0 Å². The van der Waals surface area contributed by atoms with Gasteiger partial charge in [-0.05, 0) is 52.3 Å². The van der Waals surface area contributed by atoms with Gasteiger partial charge in [-0.1, -0.05) is 18.2 Å². The zero-order valence-corrected chi connectivity index (χ0v) is 19.9. The molecule has 0 bridgehead atoms. The van der Waals surface area contributed by atoms with Gasteiger partial charge in [-0.3, -0.25) is 0 Å². The van der Waals surface area contributed by atoms with Crippen LogP contribution in [0.4, 0.5) is 0 Å². The molecule has 0 aromatic heterocycles. The molecule has 0 spiro atoms. The second kappa shape index (κ2) is 14.9. The lowest BCUT2D eigenvalue weighted by Gasteiger charge is -2.14. The molecule has 6 nitrogen and oxygen atoms in total. The highest BCUT2D eigenvalue weighted by Gasteiger charge is 2.20. The van der Waals surface area contributed by atoms with Gasteiger partial charge in [-0.15, -0.1) is 24.0 Å². The van der Waals surface area contributed by atoms with E-state index in [1.807, 2.05) is 32.3 Å². The molecule has 0 atom stereocenters. The predicted molar refractivity (Wildman–Crippen MR) is 127 cm³/mol. The maximum Gasteiger partial charge on any atom is 0.191 e. The summed E-state index contributed by atoms with van der Waals surface area (Å²) >= 11 is 0. The Morgan fingerprint density at radius 3 is 2.68 bits per heavy atom. The first-order valence-corrected chi connectivity index (χ1v) is 10.1. The fourth-order valence-corrected chi connectivity index (χ4v) is 2.53. The maximum atomic E-state index is 5.92. The summed E-state index contributed by atoms with van der Waals surface area (Å²) in [6, 6.07) is 8.12. The van der Waals surface area contributed by atoms with Crippen LogP contribution < -0.4 is 15.4 Å². The first-order valence-electron chi connectivity index (χ1n) is 10.1. The molecule has 1 aliphatic rings. The molecular formula is C21H37IN4O2. The molecule has 0 radical (unpaired) electrons. The molecule has 0 saturated heterocycles. The number of ether oxygens (including phenoxy) is 2. The van der Waals surface area contributed by atoms with E-state index in [4.69, 9.17) is 14.5 Å². The number of halogens is 1. The van der Waals surface area contributed by atoms with Crippen LogP contribution in [0.1, 0.15) is 31.7 Å². The van der Waals surface area contributed by atoms with Crippen molar-refractivity contribution in [2.45, 2.75) is 32.7 Å². The van der Waals surface area contributed by atoms with Gasteiger partial charge in [0.05, 0.1) is 6.54 Å². The van der Waals surface area contributed by atoms with E-state index >= 15 is 0 Å². The quantitative estimate of drug-likeness (QED) is 0.187. The lowest BCUT2D eigenvalue weighted by Crippen LogP contribution is -2.38. The summed E-state index contributed by atoms with van der Waals surface area (Å²) in [5.74, 6) is 2.58. The molecule has 1 aliphatic carbocycles. The Morgan fingerprint density at radius 2 is 1.96 bits per heavy atom. The van der Waals surface area contributed by atoms with Gasteiger partial charge in [-0.25, -0.2) is 4.99 Å². The molecule has 0 unspecified atom stereocenters. The number of rotatable bonds is 13. The largest absolute Gasteiger partial charge is 0.492 e. The van der Waals surface area contributed by atoms with Crippen LogP contribution in [0.2, 0.25) is 0 Å². The van der Waals surface area contributed by atoms with Crippen molar-refractivity contribution in [3.8, 4) is 5.75 Å². The second-order valence-corrected chi connectivity index (χ2v) is 7.25. The monoisotopic (exact) mass is 504 g/mol. The van der Waals surface area contributed by atoms with Crippen molar-refractivity contribution in [1.29, 1.82) is 0 Å². The average Bonchev–Trinajstić information content (AvgIpc) is 3.47. The van der Waals surface area contributed by atoms with Crippen LogP contribution in [0.25, 0.3) is 0 Å². The Hall–Kier alpha value is -1.06. The molecule has 7 heteroatoms. The van der Waals surface area contributed by atoms with Crippen LogP contribution in [0.3, 0.4) is 0 Å². The van der Waals surface area contributed by atoms with Crippen LogP contribution in [0.15, 0.2) is 29.3 Å². The minimum atomic E-state index is 0. The van der Waals surface area contributed by atoms with E-state index < -0.39 is 0 Å². The van der Waals surface area contributed by atoms with Crippen LogP contribution in [-0.2, 0) is 11.3 Å². The van der Waals surface area contributed by atoms with Gasteiger partial charge in [0.15, 0.2) is 5.96 Å². The van der Waals surface area contributed by atoms with Crippen molar-refractivity contribution in [3.05, 3.63) is 29.8 Å². The van der Waals surface area contributed by atoms with Gasteiger partial charge in [0, 0.05) is 38.4 Å². The van der Waals surface area contributed by atoms with Crippen molar-refractivity contribution in [1.82, 2.24) is 15.5 Å². The number of guanidine groups is 1. The third-order valence-corrected chi connectivity index (χ3v) is 4.33. The summed E-state index contributed by atoms with van der Waals surface area (Å²) in [5.41, 5.74) is 1.10. The van der Waals surface area contributed by atoms with Crippen molar-refractivity contribution in [3.63, 3.8) is 0 Å². The number of nitrogens with zero attached hydrogens (tertiary/aromatic N) is 2. The fraction of sp³-hybridized carbons (Fsp3) is 0.667. The maximum absolute atomic E-state index is 5.92. The van der Waals surface area contributed by atoms with Gasteiger partial charge in [0.1, 0.15) is 12.4 Å². The summed E-state index contributed by atoms with van der Waals surface area (Å²) in [7, 11) is 4.09. The molecule has 28 heavy (non-hydrogen) atoms. The molecule has 160 valence electrons. The Labute approximate surface area is 187 Å². The minimum Gasteiger partial charge on any atom is -0.492 e. The fourth-order valence-electron chi connectivity index (χ4n) is 2.53. The van der Waals surface area contributed by atoms with Gasteiger partial charge < -0.3 is 25.0 Å². The predicted octanol–water partition coefficient (Wildman–Crippen LogP) is 3.12. The van der Waals surface area contributed by atoms with Crippen LogP contribution >= 0.6 is 24.0 Å². The van der Waals surface area contributed by atoms with E-state index in [1.165, 1.54) is 12.8 Å². The summed E-state index contributed by atoms with van der Waals surface area (Å²) in [5, 5.41) is 6.68. The van der Waals surface area contributed by atoms with E-state index in [-0.39, 0.29) is 24.0 Å². The van der Waals surface area contributed by atoms with Crippen LogP contribution in [0, 0.1) is 5.92 Å². The zero-order chi connectivity index (χ0) is 19.3. The Bertz CT molecular complexity index is 565. The van der Waals surface area contributed by atoms with E-state index in [0.717, 1.165) is 62.5 Å². The number of aliphatic imine (C=N–C) groups is 1. The molecular weight excluding hydrogens is 467 g/mol. The molecule has 1 aromatic carbocycles. The van der Waals surface area contributed by atoms with Crippen molar-refractivity contribution < 1.29 is 9.47 Å². The van der Waals surface area contributed by atoms with E-state index in [2.05, 4.69) is 28.5 Å². The molecule has 0 heterocycles. The minimum absolute atomic E-state index is 0. The summed E-state index contributed by atoms with van der Waals surface area (Å²) in [6.07, 6.45) is 3.67. The Kier molecular flexibility index (Phi) is 13.3. The molecule has 1 aromatic rings. The van der Waals surface area contributed by atoms with Gasteiger partial charge in [0.25, 0.3) is 0 Å². The Morgan fingerprint density at radius 1 is 1.18 bits per heavy atom. The summed E-state index contributed by atoms with van der Waals surface area (Å²) < 4.78 is 11.6. The number of nitrogens with one attached hydrogen (secondary N) is 2. The van der Waals surface area contributed by atoms with E-state index in [1.54, 1.807) is 0 Å². The third kappa shape index (κ3) is 11.1. The smallest absolute Gasteiger partial charge is 0.191 e. The first-order chi connectivity index (χ1) is 13.2. The third-order valence-electron chi connectivity index (χ3n) is 4.33. The highest BCUT2D eigenvalue weighted by atomic mass is 127. The molecule has 2 N–H and O–H groups in total. The molecule has 2 rings (SSSR count). The van der Waals surface area contributed by atoms with Crippen molar-refractivity contribution >= 4 is 29.9 Å². The highest BCUT2D eigenvalue weighted by molar-refractivity contribution is 14.0. The zero-order valence-electron chi connectivity index (χ0n) is 17.6. The highest BCUT2D eigenvalue weighted by Crippen LogP contribution is 2.28. The SMILES string of the molecule is CCNC(=NCc1ccccc1OCCN(C)C)NCCCOCC1CC1.I. The standard InChI is InChI=1S/C21H36N4O2.HI/c1-4-22-21(23-12-7-14-26-17-18-10-11-18)24-16-19-8-5-6-9-20(19)27-15-13-25(2)3;/h5-6,8-9,18H,4,7,10-17H2,1-3H3,(H2,22,23,24);1H. The van der Waals surface area contributed by atoms with Gasteiger partial charge in [-0.2, -0.15) is 0 Å². The van der Waals surface area contributed by atoms with Crippen molar-refractivity contribution in [2.75, 3.05) is 53.6 Å². The average molecular weight is 504 g/mol. The second-order valence-electron chi connectivity index (χ2n) is 7.25. The van der Waals surface area contributed by atoms with Crippen molar-refractivity contribution in [2.24, 2.45) is 10.9 Å². The number of para-hydroxylation sites is 1.